The second-order valence-corrected chi connectivity index (χ2v) is 4.56. The lowest BCUT2D eigenvalue weighted by molar-refractivity contribution is 0.102. The number of rotatable bonds is 3. The quantitative estimate of drug-likeness (QED) is 0.833. The minimum Gasteiger partial charge on any atom is -0.495 e. The van der Waals surface area contributed by atoms with Crippen LogP contribution in [-0.2, 0) is 0 Å². The second kappa shape index (κ2) is 5.05. The summed E-state index contributed by atoms with van der Waals surface area (Å²) in [6.07, 6.45) is 0. The Balaban J connectivity index is 2.18. The molecule has 1 amide bonds. The molecule has 1 heterocycles. The number of nitrogens with two attached hydrogens (primary N) is 1. The van der Waals surface area contributed by atoms with Crippen LogP contribution in [0.4, 0.5) is 10.8 Å². The van der Waals surface area contributed by atoms with E-state index in [1.54, 1.807) is 18.2 Å². The Morgan fingerprint density at radius 1 is 1.50 bits per heavy atom. The number of nitrogens with zero attached hydrogens (tertiary/aromatic N) is 1. The molecule has 0 saturated carbocycles. The summed E-state index contributed by atoms with van der Waals surface area (Å²) < 4.78 is 5.07. The van der Waals surface area contributed by atoms with Crippen molar-refractivity contribution >= 4 is 28.1 Å². The third kappa shape index (κ3) is 2.60. The second-order valence-electron chi connectivity index (χ2n) is 3.70. The number of thiazole rings is 1. The van der Waals surface area contributed by atoms with Gasteiger partial charge >= 0.3 is 0 Å². The van der Waals surface area contributed by atoms with Gasteiger partial charge in [-0.2, -0.15) is 0 Å². The number of nitrogens with one attached hydrogen (secondary N) is 1. The molecule has 94 valence electrons. The number of aromatic nitrogens is 1. The summed E-state index contributed by atoms with van der Waals surface area (Å²) in [5, 5.41) is 5.17. The number of hydrogen-bond donors (Lipinski definition) is 2. The summed E-state index contributed by atoms with van der Waals surface area (Å²) in [5.41, 5.74) is 7.55. The number of nitrogen functional groups attached to an aromatic ring is 1. The van der Waals surface area contributed by atoms with Crippen molar-refractivity contribution in [2.45, 2.75) is 6.92 Å². The molecule has 0 fully saturated rings. The smallest absolute Gasteiger partial charge is 0.257 e. The van der Waals surface area contributed by atoms with Crippen LogP contribution in [0.1, 0.15) is 16.1 Å². The van der Waals surface area contributed by atoms with E-state index in [2.05, 4.69) is 10.3 Å². The summed E-state index contributed by atoms with van der Waals surface area (Å²) in [5.74, 6) is 0.251. The van der Waals surface area contributed by atoms with Gasteiger partial charge in [0.1, 0.15) is 5.75 Å². The number of carbonyl (C=O) groups excluding carboxylic acids is 1. The first-order chi connectivity index (χ1) is 8.60. The number of ether oxygens (including phenoxy) is 1. The molecule has 1 aromatic heterocycles. The standard InChI is InChI=1S/C12H13N3O2S/c1-7-6-18-12(14-7)15-11(16)8-3-4-9(13)10(5-8)17-2/h3-6H,13H2,1-2H3,(H,14,15,16). The number of hydrogen-bond acceptors (Lipinski definition) is 5. The van der Waals surface area contributed by atoms with E-state index in [1.807, 2.05) is 12.3 Å². The van der Waals surface area contributed by atoms with Gasteiger partial charge in [-0.1, -0.05) is 0 Å². The topological polar surface area (TPSA) is 77.2 Å². The van der Waals surface area contributed by atoms with Gasteiger partial charge in [0.25, 0.3) is 5.91 Å². The van der Waals surface area contributed by atoms with Crippen molar-refractivity contribution in [3.63, 3.8) is 0 Å². The fourth-order valence-corrected chi connectivity index (χ4v) is 2.12. The molecule has 2 aromatic rings. The van der Waals surface area contributed by atoms with Crippen LogP contribution < -0.4 is 15.8 Å². The molecule has 3 N–H and O–H groups in total. The highest BCUT2D eigenvalue weighted by Gasteiger charge is 2.10. The molecule has 0 radical (unpaired) electrons. The molecule has 5 nitrogen and oxygen atoms in total. The van der Waals surface area contributed by atoms with E-state index in [-0.39, 0.29) is 5.91 Å². The van der Waals surface area contributed by atoms with Gasteiger partial charge in [0.05, 0.1) is 18.5 Å². The van der Waals surface area contributed by atoms with Crippen LogP contribution in [-0.4, -0.2) is 18.0 Å². The molecule has 6 heteroatoms. The van der Waals surface area contributed by atoms with E-state index in [9.17, 15) is 4.79 Å². The molecule has 0 unspecified atom stereocenters. The molecule has 0 saturated heterocycles. The van der Waals surface area contributed by atoms with Crippen LogP contribution in [0.15, 0.2) is 23.6 Å². The molecule has 0 bridgehead atoms. The summed E-state index contributed by atoms with van der Waals surface area (Å²) in [7, 11) is 1.51. The van der Waals surface area contributed by atoms with Crippen molar-refractivity contribution in [2.24, 2.45) is 0 Å². The molecule has 0 spiro atoms. The molecule has 1 aromatic carbocycles. The van der Waals surface area contributed by atoms with Crippen LogP contribution in [0, 0.1) is 6.92 Å². The number of carbonyl (C=O) groups is 1. The van der Waals surface area contributed by atoms with Gasteiger partial charge in [0, 0.05) is 10.9 Å². The lowest BCUT2D eigenvalue weighted by Gasteiger charge is -2.07. The number of aryl methyl sites for hydroxylation is 1. The highest BCUT2D eigenvalue weighted by molar-refractivity contribution is 7.13. The number of methoxy groups -OCH3 is 1. The number of amides is 1. The average molecular weight is 263 g/mol. The zero-order valence-electron chi connectivity index (χ0n) is 10.1. The van der Waals surface area contributed by atoms with Crippen LogP contribution in [0.3, 0.4) is 0 Å². The first-order valence-electron chi connectivity index (χ1n) is 5.27. The maximum absolute atomic E-state index is 12.0. The molecule has 2 rings (SSSR count). The van der Waals surface area contributed by atoms with Gasteiger partial charge in [0.15, 0.2) is 5.13 Å². The van der Waals surface area contributed by atoms with Gasteiger partial charge in [-0.15, -0.1) is 11.3 Å². The molecule has 0 atom stereocenters. The normalized spacial score (nSPS) is 10.1. The Morgan fingerprint density at radius 2 is 2.28 bits per heavy atom. The lowest BCUT2D eigenvalue weighted by atomic mass is 10.2. The predicted molar refractivity (Wildman–Crippen MR) is 72.2 cm³/mol. The summed E-state index contributed by atoms with van der Waals surface area (Å²) in [6.45, 7) is 1.87. The van der Waals surface area contributed by atoms with Gasteiger partial charge in [-0.3, -0.25) is 10.1 Å². The summed E-state index contributed by atoms with van der Waals surface area (Å²) >= 11 is 1.39. The van der Waals surface area contributed by atoms with Crippen molar-refractivity contribution in [1.29, 1.82) is 0 Å². The monoisotopic (exact) mass is 263 g/mol. The van der Waals surface area contributed by atoms with Crippen molar-refractivity contribution in [1.82, 2.24) is 4.98 Å². The fraction of sp³-hybridized carbons (Fsp3) is 0.167. The maximum Gasteiger partial charge on any atom is 0.257 e. The Labute approximate surface area is 109 Å². The Bertz CT molecular complexity index is 580. The average Bonchev–Trinajstić information content (AvgIpc) is 2.75. The molecule has 0 aliphatic rings. The minimum atomic E-state index is -0.234. The summed E-state index contributed by atoms with van der Waals surface area (Å²) in [4.78, 5) is 16.1. The van der Waals surface area contributed by atoms with Gasteiger partial charge in [-0.05, 0) is 25.1 Å². The van der Waals surface area contributed by atoms with Crippen LogP contribution in [0.5, 0.6) is 5.75 Å². The number of anilines is 2. The largest absolute Gasteiger partial charge is 0.495 e. The maximum atomic E-state index is 12.0. The lowest BCUT2D eigenvalue weighted by Crippen LogP contribution is -2.12. The molecular formula is C12H13N3O2S. The van der Waals surface area contributed by atoms with Crippen molar-refractivity contribution < 1.29 is 9.53 Å². The van der Waals surface area contributed by atoms with E-state index in [0.29, 0.717) is 22.1 Å². The first-order valence-corrected chi connectivity index (χ1v) is 6.15. The molecule has 0 aliphatic heterocycles. The predicted octanol–water partition coefficient (Wildman–Crippen LogP) is 2.29. The van der Waals surface area contributed by atoms with E-state index in [1.165, 1.54) is 18.4 Å². The Hall–Kier alpha value is -2.08. The van der Waals surface area contributed by atoms with Gasteiger partial charge in [0.2, 0.25) is 0 Å². The minimum absolute atomic E-state index is 0.234. The van der Waals surface area contributed by atoms with Gasteiger partial charge in [-0.25, -0.2) is 4.98 Å². The SMILES string of the molecule is COc1cc(C(=O)Nc2nc(C)cs2)ccc1N. The van der Waals surface area contributed by atoms with E-state index in [0.717, 1.165) is 5.69 Å². The Kier molecular flexibility index (Phi) is 3.47. The van der Waals surface area contributed by atoms with Crippen molar-refractivity contribution in [3.05, 3.63) is 34.8 Å². The Morgan fingerprint density at radius 3 is 2.89 bits per heavy atom. The third-order valence-electron chi connectivity index (χ3n) is 2.34. The van der Waals surface area contributed by atoms with Crippen molar-refractivity contribution in [2.75, 3.05) is 18.2 Å². The van der Waals surface area contributed by atoms with Gasteiger partial charge < -0.3 is 10.5 Å². The van der Waals surface area contributed by atoms with E-state index >= 15 is 0 Å². The zero-order chi connectivity index (χ0) is 13.1. The highest BCUT2D eigenvalue weighted by atomic mass is 32.1. The molecule has 0 aliphatic carbocycles. The molecule has 18 heavy (non-hydrogen) atoms. The van der Waals surface area contributed by atoms with E-state index in [4.69, 9.17) is 10.5 Å². The van der Waals surface area contributed by atoms with Crippen molar-refractivity contribution in [3.8, 4) is 5.75 Å². The van der Waals surface area contributed by atoms with Crippen LogP contribution in [0.2, 0.25) is 0 Å². The number of benzene rings is 1. The molecular weight excluding hydrogens is 250 g/mol. The third-order valence-corrected chi connectivity index (χ3v) is 3.21. The zero-order valence-corrected chi connectivity index (χ0v) is 10.9. The fourth-order valence-electron chi connectivity index (χ4n) is 1.43. The highest BCUT2D eigenvalue weighted by Crippen LogP contribution is 2.23. The first kappa shape index (κ1) is 12.4. The van der Waals surface area contributed by atoms with Crippen LogP contribution in [0.25, 0.3) is 0 Å². The van der Waals surface area contributed by atoms with Crippen LogP contribution >= 0.6 is 11.3 Å². The van der Waals surface area contributed by atoms with E-state index < -0.39 is 0 Å². The summed E-state index contributed by atoms with van der Waals surface area (Å²) in [6, 6.07) is 4.89.